The average Bonchev–Trinajstić information content (AvgIpc) is 2.88. The molecule has 8 heteroatoms. The van der Waals surface area contributed by atoms with Crippen LogP contribution < -0.4 is 10.1 Å². The van der Waals surface area contributed by atoms with Gasteiger partial charge in [-0.3, -0.25) is 14.6 Å². The van der Waals surface area contributed by atoms with Crippen molar-refractivity contribution in [2.24, 2.45) is 5.92 Å². The molecule has 4 rings (SSSR count). The molecule has 2 heterocycles. The van der Waals surface area contributed by atoms with E-state index in [2.05, 4.69) is 15.0 Å². The van der Waals surface area contributed by atoms with E-state index >= 15 is 0 Å². The Morgan fingerprint density at radius 3 is 2.38 bits per heavy atom. The van der Waals surface area contributed by atoms with E-state index in [1.54, 1.807) is 18.5 Å². The quantitative estimate of drug-likeness (QED) is 0.560. The second-order valence-electron chi connectivity index (χ2n) is 8.10. The summed E-state index contributed by atoms with van der Waals surface area (Å²) in [6, 6.07) is 18.9. The molecule has 1 fully saturated rings. The van der Waals surface area contributed by atoms with E-state index in [1.165, 1.54) is 23.1 Å². The minimum absolute atomic E-state index is 0.0582. The highest BCUT2D eigenvalue weighted by molar-refractivity contribution is 5.97. The fraction of sp³-hybridized carbons (Fsp3) is 0.269. The van der Waals surface area contributed by atoms with E-state index in [9.17, 15) is 18.4 Å². The molecule has 1 N–H and O–H groups in total. The second kappa shape index (κ2) is 10.9. The lowest BCUT2D eigenvalue weighted by Crippen LogP contribution is -2.46. The number of likely N-dealkylation sites (tertiary alicyclic amines) is 1. The molecule has 0 saturated carbocycles. The Morgan fingerprint density at radius 2 is 1.65 bits per heavy atom. The first kappa shape index (κ1) is 23.4. The van der Waals surface area contributed by atoms with Gasteiger partial charge in [0.05, 0.1) is 17.5 Å². The van der Waals surface area contributed by atoms with Gasteiger partial charge in [0.25, 0.3) is 5.91 Å². The minimum Gasteiger partial charge on any atom is -0.434 e. The molecular weight excluding hydrogens is 440 g/mol. The fourth-order valence-electron chi connectivity index (χ4n) is 4.21. The van der Waals surface area contributed by atoms with Gasteiger partial charge in [-0.2, -0.15) is 8.78 Å². The van der Waals surface area contributed by atoms with E-state index in [-0.39, 0.29) is 29.8 Å². The predicted molar refractivity (Wildman–Crippen MR) is 122 cm³/mol. The number of ether oxygens (including phenoxy) is 1. The monoisotopic (exact) mass is 465 g/mol. The van der Waals surface area contributed by atoms with Gasteiger partial charge in [0.2, 0.25) is 5.91 Å². The molecule has 176 valence electrons. The Morgan fingerprint density at radius 1 is 0.971 bits per heavy atom. The molecule has 0 aliphatic carbocycles. The van der Waals surface area contributed by atoms with Gasteiger partial charge in [0, 0.05) is 25.5 Å². The van der Waals surface area contributed by atoms with E-state index in [4.69, 9.17) is 0 Å². The van der Waals surface area contributed by atoms with Crippen LogP contribution in [0.15, 0.2) is 79.1 Å². The largest absolute Gasteiger partial charge is 0.434 e. The summed E-state index contributed by atoms with van der Waals surface area (Å²) in [5.74, 6) is -1.19. The van der Waals surface area contributed by atoms with Crippen molar-refractivity contribution in [1.82, 2.24) is 15.2 Å². The lowest BCUT2D eigenvalue weighted by Gasteiger charge is -2.33. The van der Waals surface area contributed by atoms with Gasteiger partial charge in [-0.15, -0.1) is 0 Å². The second-order valence-corrected chi connectivity index (χ2v) is 8.10. The van der Waals surface area contributed by atoms with Crippen LogP contribution in [0.4, 0.5) is 8.78 Å². The number of piperidine rings is 1. The van der Waals surface area contributed by atoms with Crippen molar-refractivity contribution in [3.8, 4) is 5.75 Å². The van der Waals surface area contributed by atoms with Crippen molar-refractivity contribution in [2.75, 3.05) is 13.1 Å². The number of carbonyl (C=O) groups is 2. The van der Waals surface area contributed by atoms with Crippen molar-refractivity contribution in [2.45, 2.75) is 25.5 Å². The van der Waals surface area contributed by atoms with Crippen LogP contribution in [-0.2, 0) is 4.79 Å². The maximum absolute atomic E-state index is 13.3. The number of rotatable bonds is 7. The average molecular weight is 466 g/mol. The molecule has 3 aromatic rings. The van der Waals surface area contributed by atoms with Crippen LogP contribution in [0.3, 0.4) is 0 Å². The first-order valence-electron chi connectivity index (χ1n) is 11.1. The zero-order chi connectivity index (χ0) is 23.9. The highest BCUT2D eigenvalue weighted by Crippen LogP contribution is 2.27. The molecule has 34 heavy (non-hydrogen) atoms. The Hall–Kier alpha value is -3.81. The first-order valence-corrected chi connectivity index (χ1v) is 11.1. The van der Waals surface area contributed by atoms with Crippen LogP contribution in [0.1, 0.15) is 40.4 Å². The first-order chi connectivity index (χ1) is 16.5. The molecule has 2 aromatic carbocycles. The third kappa shape index (κ3) is 5.57. The molecular formula is C26H25F2N3O3. The summed E-state index contributed by atoms with van der Waals surface area (Å²) in [6.45, 7) is -2.39. The summed E-state index contributed by atoms with van der Waals surface area (Å²) < 4.78 is 30.1. The number of hydrogen-bond acceptors (Lipinski definition) is 4. The molecule has 2 unspecified atom stereocenters. The van der Waals surface area contributed by atoms with Crippen LogP contribution in [0.2, 0.25) is 0 Å². The lowest BCUT2D eigenvalue weighted by atomic mass is 9.94. The topological polar surface area (TPSA) is 71.5 Å². The van der Waals surface area contributed by atoms with Crippen molar-refractivity contribution in [3.05, 3.63) is 95.8 Å². The summed E-state index contributed by atoms with van der Waals surface area (Å²) in [5.41, 5.74) is 1.89. The molecule has 0 bridgehead atoms. The number of amides is 2. The maximum Gasteiger partial charge on any atom is 0.387 e. The van der Waals surface area contributed by atoms with Crippen molar-refractivity contribution >= 4 is 11.8 Å². The summed E-state index contributed by atoms with van der Waals surface area (Å²) in [4.78, 5) is 32.0. The summed E-state index contributed by atoms with van der Waals surface area (Å²) in [6.07, 6.45) is 4.62. The highest BCUT2D eigenvalue weighted by Gasteiger charge is 2.31. The van der Waals surface area contributed by atoms with Crippen LogP contribution in [-0.4, -0.2) is 41.4 Å². The number of carbonyl (C=O) groups excluding carboxylic acids is 2. The number of pyridine rings is 1. The van der Waals surface area contributed by atoms with Gasteiger partial charge < -0.3 is 15.0 Å². The molecule has 0 radical (unpaired) electrons. The van der Waals surface area contributed by atoms with Crippen molar-refractivity contribution < 1.29 is 23.1 Å². The van der Waals surface area contributed by atoms with Gasteiger partial charge in [-0.1, -0.05) is 42.5 Å². The summed E-state index contributed by atoms with van der Waals surface area (Å²) in [5, 5.41) is 3.13. The van der Waals surface area contributed by atoms with Crippen LogP contribution in [0.5, 0.6) is 5.75 Å². The van der Waals surface area contributed by atoms with Crippen LogP contribution >= 0.6 is 0 Å². The van der Waals surface area contributed by atoms with E-state index in [1.807, 2.05) is 42.5 Å². The fourth-order valence-corrected chi connectivity index (χ4v) is 4.21. The number of hydrogen-bond donors (Lipinski definition) is 1. The van der Waals surface area contributed by atoms with E-state index in [0.29, 0.717) is 19.4 Å². The summed E-state index contributed by atoms with van der Waals surface area (Å²) in [7, 11) is 0. The number of nitrogens with one attached hydrogen (secondary N) is 1. The Labute approximate surface area is 196 Å². The highest BCUT2D eigenvalue weighted by atomic mass is 19.3. The van der Waals surface area contributed by atoms with Crippen molar-refractivity contribution in [1.29, 1.82) is 0 Å². The number of nitrogens with zero attached hydrogens (tertiary/aromatic N) is 2. The standard InChI is InChI=1S/C26H25F2N3O3/c27-26(28)34-22-11-5-4-10-21(22)25(33)31-16-6-9-20(17-31)24(32)30-23(18-7-2-1-3-8-18)19-12-14-29-15-13-19/h1-5,7-8,10-15,20,23,26H,6,9,16-17H2,(H,30,32). The maximum atomic E-state index is 13.3. The lowest BCUT2D eigenvalue weighted by molar-refractivity contribution is -0.126. The van der Waals surface area contributed by atoms with Crippen LogP contribution in [0, 0.1) is 5.92 Å². The van der Waals surface area contributed by atoms with E-state index < -0.39 is 18.4 Å². The number of alkyl halides is 2. The Kier molecular flexibility index (Phi) is 7.47. The molecule has 1 aliphatic rings. The molecule has 1 aliphatic heterocycles. The predicted octanol–water partition coefficient (Wildman–Crippen LogP) is 4.44. The zero-order valence-electron chi connectivity index (χ0n) is 18.4. The van der Waals surface area contributed by atoms with Gasteiger partial charge in [-0.05, 0) is 48.2 Å². The third-order valence-corrected chi connectivity index (χ3v) is 5.87. The van der Waals surface area contributed by atoms with Gasteiger partial charge in [0.15, 0.2) is 0 Å². The van der Waals surface area contributed by atoms with Crippen molar-refractivity contribution in [3.63, 3.8) is 0 Å². The number of aromatic nitrogens is 1. The molecule has 2 amide bonds. The molecule has 1 saturated heterocycles. The van der Waals surface area contributed by atoms with Crippen LogP contribution in [0.25, 0.3) is 0 Å². The SMILES string of the molecule is O=C(NC(c1ccccc1)c1ccncc1)C1CCCN(C(=O)c2ccccc2OC(F)F)C1. The zero-order valence-corrected chi connectivity index (χ0v) is 18.4. The number of benzene rings is 2. The smallest absolute Gasteiger partial charge is 0.387 e. The minimum atomic E-state index is -3.03. The third-order valence-electron chi connectivity index (χ3n) is 5.87. The molecule has 1 aromatic heterocycles. The number of para-hydroxylation sites is 1. The van der Waals surface area contributed by atoms with Gasteiger partial charge in [0.1, 0.15) is 5.75 Å². The Bertz CT molecular complexity index is 1070. The van der Waals surface area contributed by atoms with E-state index in [0.717, 1.165) is 11.1 Å². The molecule has 6 nitrogen and oxygen atoms in total. The molecule has 0 spiro atoms. The summed E-state index contributed by atoms with van der Waals surface area (Å²) >= 11 is 0. The molecule has 2 atom stereocenters. The van der Waals surface area contributed by atoms with Gasteiger partial charge >= 0.3 is 6.61 Å². The van der Waals surface area contributed by atoms with Gasteiger partial charge in [-0.25, -0.2) is 0 Å². The normalized spacial score (nSPS) is 16.7. The Balaban J connectivity index is 1.49. The number of halogens is 2.